The second kappa shape index (κ2) is 4.56. The van der Waals surface area contributed by atoms with Gasteiger partial charge in [0.05, 0.1) is 35.8 Å². The third-order valence-electron chi connectivity index (χ3n) is 3.71. The number of nitrogens with zero attached hydrogens (tertiary/aromatic N) is 4. The van der Waals surface area contributed by atoms with Crippen molar-refractivity contribution in [2.75, 3.05) is 7.11 Å². The first-order valence-corrected chi connectivity index (χ1v) is 6.92. The Morgan fingerprint density at radius 1 is 1.05 bits per heavy atom. The monoisotopic (exact) mass is 294 g/mol. The Morgan fingerprint density at radius 3 is 2.59 bits per heavy atom. The molecule has 4 rings (SSSR count). The molecular weight excluding hydrogens is 280 g/mol. The number of hydrogen-bond donors (Lipinski definition) is 0. The number of fused-ring (bicyclic) bond motifs is 3. The van der Waals surface area contributed by atoms with Gasteiger partial charge in [-0.25, -0.2) is 9.97 Å². The maximum Gasteiger partial charge on any atom is 0.215 e. The zero-order chi connectivity index (χ0) is 15.3. The van der Waals surface area contributed by atoms with Crippen LogP contribution in [0.15, 0.2) is 35.1 Å². The zero-order valence-corrected chi connectivity index (χ0v) is 12.5. The van der Waals surface area contributed by atoms with Crippen molar-refractivity contribution in [2.45, 2.75) is 13.8 Å². The van der Waals surface area contributed by atoms with Crippen LogP contribution in [0.2, 0.25) is 0 Å². The fourth-order valence-electron chi connectivity index (χ4n) is 2.77. The summed E-state index contributed by atoms with van der Waals surface area (Å²) in [7, 11) is 1.60. The van der Waals surface area contributed by atoms with Crippen molar-refractivity contribution in [3.8, 4) is 17.3 Å². The second-order valence-electron chi connectivity index (χ2n) is 5.11. The fourth-order valence-corrected chi connectivity index (χ4v) is 2.77. The van der Waals surface area contributed by atoms with Gasteiger partial charge in [0.1, 0.15) is 17.6 Å². The topological polar surface area (TPSA) is 65.5 Å². The number of imidazole rings is 1. The van der Waals surface area contributed by atoms with Gasteiger partial charge in [-0.1, -0.05) is 0 Å². The lowest BCUT2D eigenvalue weighted by atomic mass is 10.3. The molecule has 22 heavy (non-hydrogen) atoms. The van der Waals surface area contributed by atoms with E-state index in [-0.39, 0.29) is 0 Å². The average molecular weight is 294 g/mol. The standard InChI is InChI=1S/C16H14N4O2/c1-9-14-10(2)18-15(11-6-7-22-8-11)20(14)16-12(17-9)4-5-13(19-16)21-3/h4-8H,1-3H3. The SMILES string of the molecule is COc1ccc2nc(C)c3c(C)nc(-c4ccoc4)n3c2n1. The van der Waals surface area contributed by atoms with E-state index in [4.69, 9.17) is 9.15 Å². The lowest BCUT2D eigenvalue weighted by molar-refractivity contribution is 0.399. The molecule has 0 radical (unpaired) electrons. The predicted octanol–water partition coefficient (Wildman–Crippen LogP) is 3.16. The van der Waals surface area contributed by atoms with Gasteiger partial charge >= 0.3 is 0 Å². The molecule has 0 spiro atoms. The van der Waals surface area contributed by atoms with Crippen LogP contribution in [-0.2, 0) is 0 Å². The largest absolute Gasteiger partial charge is 0.481 e. The highest BCUT2D eigenvalue weighted by molar-refractivity contribution is 5.81. The van der Waals surface area contributed by atoms with Gasteiger partial charge in [-0.05, 0) is 26.0 Å². The van der Waals surface area contributed by atoms with Gasteiger partial charge in [-0.3, -0.25) is 4.40 Å². The molecule has 0 bridgehead atoms. The van der Waals surface area contributed by atoms with E-state index >= 15 is 0 Å². The fraction of sp³-hybridized carbons (Fsp3) is 0.188. The van der Waals surface area contributed by atoms with Gasteiger partial charge in [0.2, 0.25) is 5.88 Å². The van der Waals surface area contributed by atoms with E-state index in [0.717, 1.165) is 39.5 Å². The second-order valence-corrected chi connectivity index (χ2v) is 5.11. The lowest BCUT2D eigenvalue weighted by Gasteiger charge is -2.08. The van der Waals surface area contributed by atoms with Gasteiger partial charge in [-0.15, -0.1) is 0 Å². The summed E-state index contributed by atoms with van der Waals surface area (Å²) in [5.74, 6) is 1.33. The van der Waals surface area contributed by atoms with Crippen molar-refractivity contribution in [1.29, 1.82) is 0 Å². The highest BCUT2D eigenvalue weighted by atomic mass is 16.5. The van der Waals surface area contributed by atoms with Crippen LogP contribution in [0, 0.1) is 13.8 Å². The van der Waals surface area contributed by atoms with Crippen LogP contribution < -0.4 is 4.74 Å². The zero-order valence-electron chi connectivity index (χ0n) is 12.5. The summed E-state index contributed by atoms with van der Waals surface area (Å²) in [5.41, 5.74) is 5.21. The average Bonchev–Trinajstić information content (AvgIpc) is 3.15. The van der Waals surface area contributed by atoms with Gasteiger partial charge in [0, 0.05) is 6.07 Å². The quantitative estimate of drug-likeness (QED) is 0.568. The number of aryl methyl sites for hydroxylation is 2. The predicted molar refractivity (Wildman–Crippen MR) is 82.0 cm³/mol. The Hall–Kier alpha value is -2.89. The highest BCUT2D eigenvalue weighted by Gasteiger charge is 2.17. The van der Waals surface area contributed by atoms with E-state index in [1.54, 1.807) is 19.6 Å². The normalized spacial score (nSPS) is 11.4. The number of aromatic nitrogens is 4. The van der Waals surface area contributed by atoms with Crippen LogP contribution in [0.25, 0.3) is 28.1 Å². The molecule has 6 nitrogen and oxygen atoms in total. The van der Waals surface area contributed by atoms with Crippen LogP contribution in [0.4, 0.5) is 0 Å². The molecular formula is C16H14N4O2. The van der Waals surface area contributed by atoms with Gasteiger partial charge in [0.25, 0.3) is 0 Å². The van der Waals surface area contributed by atoms with Gasteiger partial charge < -0.3 is 9.15 Å². The first kappa shape index (κ1) is 12.8. The molecule has 0 saturated carbocycles. The number of furan rings is 1. The van der Waals surface area contributed by atoms with E-state index in [1.807, 2.05) is 36.4 Å². The summed E-state index contributed by atoms with van der Waals surface area (Å²) in [6.07, 6.45) is 3.31. The Labute approximate surface area is 126 Å². The van der Waals surface area contributed by atoms with Crippen LogP contribution in [-0.4, -0.2) is 26.5 Å². The van der Waals surface area contributed by atoms with Crippen molar-refractivity contribution in [1.82, 2.24) is 19.4 Å². The molecule has 0 aliphatic heterocycles. The molecule has 0 N–H and O–H groups in total. The summed E-state index contributed by atoms with van der Waals surface area (Å²) < 4.78 is 12.5. The molecule has 0 aromatic carbocycles. The number of hydrogen-bond acceptors (Lipinski definition) is 5. The summed E-state index contributed by atoms with van der Waals surface area (Å²) in [6, 6.07) is 5.60. The molecule has 4 aromatic heterocycles. The van der Waals surface area contributed by atoms with Crippen molar-refractivity contribution in [2.24, 2.45) is 0 Å². The first-order chi connectivity index (χ1) is 10.7. The number of methoxy groups -OCH3 is 1. The maximum absolute atomic E-state index is 5.25. The molecule has 110 valence electrons. The third kappa shape index (κ3) is 1.70. The molecule has 0 unspecified atom stereocenters. The van der Waals surface area contributed by atoms with Crippen molar-refractivity contribution in [3.63, 3.8) is 0 Å². The van der Waals surface area contributed by atoms with Crippen molar-refractivity contribution < 1.29 is 9.15 Å². The van der Waals surface area contributed by atoms with Crippen molar-refractivity contribution in [3.05, 3.63) is 42.1 Å². The molecule has 0 atom stereocenters. The number of ether oxygens (including phenoxy) is 1. The van der Waals surface area contributed by atoms with Crippen LogP contribution in [0.5, 0.6) is 5.88 Å². The highest BCUT2D eigenvalue weighted by Crippen LogP contribution is 2.28. The minimum Gasteiger partial charge on any atom is -0.481 e. The lowest BCUT2D eigenvalue weighted by Crippen LogP contribution is -2.00. The summed E-state index contributed by atoms with van der Waals surface area (Å²) >= 11 is 0. The summed E-state index contributed by atoms with van der Waals surface area (Å²) in [6.45, 7) is 3.95. The molecule has 6 heteroatoms. The molecule has 0 aliphatic carbocycles. The smallest absolute Gasteiger partial charge is 0.215 e. The van der Waals surface area contributed by atoms with Crippen LogP contribution >= 0.6 is 0 Å². The van der Waals surface area contributed by atoms with Crippen molar-refractivity contribution >= 4 is 16.7 Å². The summed E-state index contributed by atoms with van der Waals surface area (Å²) in [5, 5.41) is 0. The Morgan fingerprint density at radius 2 is 1.86 bits per heavy atom. The maximum atomic E-state index is 5.25. The molecule has 4 aromatic rings. The number of pyridine rings is 1. The van der Waals surface area contributed by atoms with E-state index in [1.165, 1.54) is 0 Å². The van der Waals surface area contributed by atoms with Gasteiger partial charge in [-0.2, -0.15) is 4.98 Å². The Bertz CT molecular complexity index is 987. The van der Waals surface area contributed by atoms with Crippen LogP contribution in [0.1, 0.15) is 11.4 Å². The minimum atomic E-state index is 0.545. The molecule has 4 heterocycles. The Balaban J connectivity index is 2.22. The van der Waals surface area contributed by atoms with E-state index < -0.39 is 0 Å². The first-order valence-electron chi connectivity index (χ1n) is 6.92. The molecule has 0 amide bonds. The minimum absolute atomic E-state index is 0.545. The van der Waals surface area contributed by atoms with Crippen LogP contribution in [0.3, 0.4) is 0 Å². The van der Waals surface area contributed by atoms with E-state index in [0.29, 0.717) is 5.88 Å². The van der Waals surface area contributed by atoms with Gasteiger partial charge in [0.15, 0.2) is 5.65 Å². The molecule has 0 aliphatic rings. The molecule has 0 fully saturated rings. The molecule has 0 saturated heterocycles. The number of rotatable bonds is 2. The van der Waals surface area contributed by atoms with E-state index in [2.05, 4.69) is 15.0 Å². The third-order valence-corrected chi connectivity index (χ3v) is 3.71. The van der Waals surface area contributed by atoms with E-state index in [9.17, 15) is 0 Å². The Kier molecular flexibility index (Phi) is 2.66. The summed E-state index contributed by atoms with van der Waals surface area (Å²) in [4.78, 5) is 13.9.